The summed E-state index contributed by atoms with van der Waals surface area (Å²) in [7, 11) is 0. The van der Waals surface area contributed by atoms with Crippen LogP contribution in [0.15, 0.2) is 18.2 Å². The molecule has 2 nitrogen and oxygen atoms in total. The Balaban J connectivity index is 2.84. The summed E-state index contributed by atoms with van der Waals surface area (Å²) in [5.74, 6) is 0.535. The van der Waals surface area contributed by atoms with E-state index in [0.717, 1.165) is 18.5 Å². The molecular formula is C14H21NO. The average Bonchev–Trinajstić information content (AvgIpc) is 2.25. The quantitative estimate of drug-likeness (QED) is 0.827. The molecule has 16 heavy (non-hydrogen) atoms. The molecule has 0 spiro atoms. The van der Waals surface area contributed by atoms with Crippen molar-refractivity contribution >= 4 is 5.91 Å². The van der Waals surface area contributed by atoms with Gasteiger partial charge in [-0.05, 0) is 42.5 Å². The Hall–Kier alpha value is -1.31. The maximum Gasteiger partial charge on any atom is 0.251 e. The fourth-order valence-corrected chi connectivity index (χ4v) is 1.81. The van der Waals surface area contributed by atoms with Crippen molar-refractivity contribution in [3.05, 3.63) is 34.9 Å². The standard InChI is InChI=1S/C14H21NO/c1-5-8-15-14(16)12-6-7-13(10(2)3)11(4)9-12/h6-7,9-10H,5,8H2,1-4H3,(H,15,16). The molecule has 0 unspecified atom stereocenters. The fourth-order valence-electron chi connectivity index (χ4n) is 1.81. The van der Waals surface area contributed by atoms with Gasteiger partial charge >= 0.3 is 0 Å². The molecule has 1 rings (SSSR count). The molecule has 0 aliphatic carbocycles. The summed E-state index contributed by atoms with van der Waals surface area (Å²) in [6, 6.07) is 5.94. The minimum atomic E-state index is 0.0280. The number of benzene rings is 1. The Labute approximate surface area is 98.1 Å². The molecule has 2 heteroatoms. The van der Waals surface area contributed by atoms with E-state index in [1.165, 1.54) is 11.1 Å². The van der Waals surface area contributed by atoms with Crippen molar-refractivity contribution in [2.45, 2.75) is 40.0 Å². The topological polar surface area (TPSA) is 29.1 Å². The lowest BCUT2D eigenvalue weighted by atomic mass is 9.96. The SMILES string of the molecule is CCCNC(=O)c1ccc(C(C)C)c(C)c1. The highest BCUT2D eigenvalue weighted by Gasteiger charge is 2.08. The molecule has 0 bridgehead atoms. The van der Waals surface area contributed by atoms with Crippen LogP contribution in [0.4, 0.5) is 0 Å². The molecule has 0 radical (unpaired) electrons. The number of carbonyl (C=O) groups excluding carboxylic acids is 1. The van der Waals surface area contributed by atoms with Gasteiger partial charge in [0.25, 0.3) is 5.91 Å². The number of hydrogen-bond acceptors (Lipinski definition) is 1. The first-order chi connectivity index (χ1) is 7.56. The lowest BCUT2D eigenvalue weighted by Crippen LogP contribution is -2.24. The first-order valence-electron chi connectivity index (χ1n) is 5.95. The van der Waals surface area contributed by atoms with Gasteiger partial charge in [0.05, 0.1) is 0 Å². The molecule has 0 atom stereocenters. The van der Waals surface area contributed by atoms with Gasteiger partial charge in [-0.15, -0.1) is 0 Å². The van der Waals surface area contributed by atoms with E-state index in [-0.39, 0.29) is 5.91 Å². The van der Waals surface area contributed by atoms with Gasteiger partial charge in [0.15, 0.2) is 0 Å². The first-order valence-corrected chi connectivity index (χ1v) is 5.95. The van der Waals surface area contributed by atoms with Gasteiger partial charge < -0.3 is 5.32 Å². The molecule has 1 N–H and O–H groups in total. The van der Waals surface area contributed by atoms with Gasteiger partial charge in [-0.2, -0.15) is 0 Å². The molecule has 0 aromatic heterocycles. The van der Waals surface area contributed by atoms with E-state index in [9.17, 15) is 4.79 Å². The lowest BCUT2D eigenvalue weighted by molar-refractivity contribution is 0.0953. The van der Waals surface area contributed by atoms with Crippen LogP contribution in [0.3, 0.4) is 0 Å². The zero-order chi connectivity index (χ0) is 12.1. The van der Waals surface area contributed by atoms with Gasteiger partial charge in [-0.1, -0.05) is 26.8 Å². The van der Waals surface area contributed by atoms with Crippen LogP contribution in [0, 0.1) is 6.92 Å². The average molecular weight is 219 g/mol. The third-order valence-corrected chi connectivity index (χ3v) is 2.69. The molecule has 1 amide bonds. The van der Waals surface area contributed by atoms with Crippen molar-refractivity contribution in [1.82, 2.24) is 5.32 Å². The van der Waals surface area contributed by atoms with Crippen LogP contribution in [0.2, 0.25) is 0 Å². The van der Waals surface area contributed by atoms with Gasteiger partial charge in [-0.25, -0.2) is 0 Å². The van der Waals surface area contributed by atoms with E-state index < -0.39 is 0 Å². The zero-order valence-corrected chi connectivity index (χ0v) is 10.6. The van der Waals surface area contributed by atoms with Crippen molar-refractivity contribution in [2.24, 2.45) is 0 Å². The molecule has 1 aromatic rings. The predicted molar refractivity (Wildman–Crippen MR) is 67.9 cm³/mol. The smallest absolute Gasteiger partial charge is 0.251 e. The maximum atomic E-state index is 11.7. The summed E-state index contributed by atoms with van der Waals surface area (Å²) < 4.78 is 0. The summed E-state index contributed by atoms with van der Waals surface area (Å²) in [4.78, 5) is 11.7. The summed E-state index contributed by atoms with van der Waals surface area (Å²) in [6.45, 7) is 9.18. The summed E-state index contributed by atoms with van der Waals surface area (Å²) >= 11 is 0. The normalized spacial score (nSPS) is 10.6. The monoisotopic (exact) mass is 219 g/mol. The van der Waals surface area contributed by atoms with Gasteiger partial charge in [-0.3, -0.25) is 4.79 Å². The van der Waals surface area contributed by atoms with Crippen molar-refractivity contribution in [1.29, 1.82) is 0 Å². The Bertz CT molecular complexity index is 369. The second kappa shape index (κ2) is 5.69. The zero-order valence-electron chi connectivity index (χ0n) is 10.6. The number of nitrogens with one attached hydrogen (secondary N) is 1. The Kier molecular flexibility index (Phi) is 4.53. The molecule has 0 aliphatic heterocycles. The Morgan fingerprint density at radius 1 is 1.38 bits per heavy atom. The summed E-state index contributed by atoms with van der Waals surface area (Å²) in [5.41, 5.74) is 3.27. The number of carbonyl (C=O) groups is 1. The summed E-state index contributed by atoms with van der Waals surface area (Å²) in [5, 5.41) is 2.89. The van der Waals surface area contributed by atoms with Crippen molar-refractivity contribution in [3.63, 3.8) is 0 Å². The lowest BCUT2D eigenvalue weighted by Gasteiger charge is -2.11. The highest BCUT2D eigenvalue weighted by Crippen LogP contribution is 2.19. The van der Waals surface area contributed by atoms with Gasteiger partial charge in [0, 0.05) is 12.1 Å². The largest absolute Gasteiger partial charge is 0.352 e. The number of amides is 1. The third-order valence-electron chi connectivity index (χ3n) is 2.69. The molecule has 0 aliphatic rings. The van der Waals surface area contributed by atoms with Crippen LogP contribution in [0.25, 0.3) is 0 Å². The van der Waals surface area contributed by atoms with E-state index in [4.69, 9.17) is 0 Å². The Morgan fingerprint density at radius 2 is 2.06 bits per heavy atom. The molecule has 1 aromatic carbocycles. The van der Waals surface area contributed by atoms with Crippen molar-refractivity contribution in [2.75, 3.05) is 6.54 Å². The number of aryl methyl sites for hydroxylation is 1. The van der Waals surface area contributed by atoms with Crippen molar-refractivity contribution < 1.29 is 4.79 Å². The van der Waals surface area contributed by atoms with E-state index in [1.54, 1.807) is 0 Å². The van der Waals surface area contributed by atoms with Crippen LogP contribution in [-0.4, -0.2) is 12.5 Å². The molecule has 0 fully saturated rings. The van der Waals surface area contributed by atoms with Crippen LogP contribution in [0.5, 0.6) is 0 Å². The summed E-state index contributed by atoms with van der Waals surface area (Å²) in [6.07, 6.45) is 0.967. The highest BCUT2D eigenvalue weighted by atomic mass is 16.1. The third kappa shape index (κ3) is 3.09. The first kappa shape index (κ1) is 12.8. The minimum absolute atomic E-state index is 0.0280. The predicted octanol–water partition coefficient (Wildman–Crippen LogP) is 3.26. The van der Waals surface area contributed by atoms with E-state index >= 15 is 0 Å². The van der Waals surface area contributed by atoms with E-state index in [1.807, 2.05) is 19.1 Å². The molecule has 0 saturated heterocycles. The molecular weight excluding hydrogens is 198 g/mol. The van der Waals surface area contributed by atoms with Crippen molar-refractivity contribution in [3.8, 4) is 0 Å². The second-order valence-corrected chi connectivity index (χ2v) is 4.48. The fraction of sp³-hybridized carbons (Fsp3) is 0.500. The van der Waals surface area contributed by atoms with Gasteiger partial charge in [0.1, 0.15) is 0 Å². The highest BCUT2D eigenvalue weighted by molar-refractivity contribution is 5.94. The Morgan fingerprint density at radius 3 is 2.56 bits per heavy atom. The van der Waals surface area contributed by atoms with Crippen LogP contribution in [0.1, 0.15) is 54.6 Å². The van der Waals surface area contributed by atoms with Crippen LogP contribution >= 0.6 is 0 Å². The minimum Gasteiger partial charge on any atom is -0.352 e. The van der Waals surface area contributed by atoms with Crippen LogP contribution in [-0.2, 0) is 0 Å². The van der Waals surface area contributed by atoms with E-state index in [2.05, 4.69) is 32.2 Å². The number of hydrogen-bond donors (Lipinski definition) is 1. The molecule has 0 saturated carbocycles. The second-order valence-electron chi connectivity index (χ2n) is 4.48. The van der Waals surface area contributed by atoms with E-state index in [0.29, 0.717) is 5.92 Å². The van der Waals surface area contributed by atoms with Crippen LogP contribution < -0.4 is 5.32 Å². The van der Waals surface area contributed by atoms with Gasteiger partial charge in [0.2, 0.25) is 0 Å². The molecule has 88 valence electrons. The molecule has 0 heterocycles. The maximum absolute atomic E-state index is 11.7. The number of rotatable bonds is 4.